The molecular formula is C21H24BrFN4O2. The van der Waals surface area contributed by atoms with Gasteiger partial charge in [-0.05, 0) is 55.7 Å². The standard InChI is InChI=1S/C21H24BrFN4O2/c1-14(18-4-2-3-5-19(18)22)24-21(29)27-12-10-17(11-13-27)26-20(28)25-16-8-6-15(23)7-9-16/h2-9,14,17H,10-13H2,1H3,(H,24,29)(H2,25,26,28). The van der Waals surface area contributed by atoms with Crippen molar-refractivity contribution in [3.8, 4) is 0 Å². The quantitative estimate of drug-likeness (QED) is 0.618. The molecule has 0 aromatic heterocycles. The van der Waals surface area contributed by atoms with Gasteiger partial charge in [-0.15, -0.1) is 0 Å². The Morgan fingerprint density at radius 2 is 1.76 bits per heavy atom. The summed E-state index contributed by atoms with van der Waals surface area (Å²) in [6.07, 6.45) is 1.35. The van der Waals surface area contributed by atoms with E-state index in [9.17, 15) is 14.0 Å². The van der Waals surface area contributed by atoms with Crippen molar-refractivity contribution >= 4 is 33.7 Å². The van der Waals surface area contributed by atoms with E-state index in [1.165, 1.54) is 24.3 Å². The summed E-state index contributed by atoms with van der Waals surface area (Å²) in [6.45, 7) is 3.08. The molecule has 0 saturated carbocycles. The second-order valence-electron chi connectivity index (χ2n) is 7.06. The molecule has 1 fully saturated rings. The van der Waals surface area contributed by atoms with E-state index < -0.39 is 0 Å². The second-order valence-corrected chi connectivity index (χ2v) is 7.91. The lowest BCUT2D eigenvalue weighted by Gasteiger charge is -2.33. The number of halogens is 2. The van der Waals surface area contributed by atoms with Gasteiger partial charge < -0.3 is 20.9 Å². The molecule has 6 nitrogen and oxygen atoms in total. The number of anilines is 1. The number of benzene rings is 2. The highest BCUT2D eigenvalue weighted by Gasteiger charge is 2.25. The smallest absolute Gasteiger partial charge is 0.319 e. The number of carbonyl (C=O) groups is 2. The van der Waals surface area contributed by atoms with Crippen molar-refractivity contribution in [2.45, 2.75) is 31.8 Å². The summed E-state index contributed by atoms with van der Waals surface area (Å²) in [5.41, 5.74) is 1.55. The number of nitrogens with one attached hydrogen (secondary N) is 3. The molecule has 1 saturated heterocycles. The number of amides is 4. The van der Waals surface area contributed by atoms with Crippen LogP contribution >= 0.6 is 15.9 Å². The highest BCUT2D eigenvalue weighted by molar-refractivity contribution is 9.10. The van der Waals surface area contributed by atoms with Gasteiger partial charge in [-0.1, -0.05) is 34.1 Å². The molecule has 1 aliphatic rings. The molecule has 2 aromatic carbocycles. The van der Waals surface area contributed by atoms with Crippen LogP contribution in [0.4, 0.5) is 19.7 Å². The van der Waals surface area contributed by atoms with Crippen molar-refractivity contribution in [1.82, 2.24) is 15.5 Å². The summed E-state index contributed by atoms with van der Waals surface area (Å²) in [4.78, 5) is 26.4. The van der Waals surface area contributed by atoms with Crippen LogP contribution in [0.5, 0.6) is 0 Å². The van der Waals surface area contributed by atoms with Crippen LogP contribution in [-0.2, 0) is 0 Å². The Morgan fingerprint density at radius 1 is 1.10 bits per heavy atom. The van der Waals surface area contributed by atoms with Crippen LogP contribution in [0.2, 0.25) is 0 Å². The predicted molar refractivity (Wildman–Crippen MR) is 114 cm³/mol. The number of likely N-dealkylation sites (tertiary alicyclic amines) is 1. The zero-order chi connectivity index (χ0) is 20.8. The molecule has 4 amide bonds. The fourth-order valence-electron chi connectivity index (χ4n) is 3.29. The van der Waals surface area contributed by atoms with Crippen molar-refractivity contribution in [2.24, 2.45) is 0 Å². The minimum absolute atomic E-state index is 0.0137. The monoisotopic (exact) mass is 462 g/mol. The molecule has 29 heavy (non-hydrogen) atoms. The summed E-state index contributed by atoms with van der Waals surface area (Å²) in [6, 6.07) is 12.8. The van der Waals surface area contributed by atoms with Crippen LogP contribution in [-0.4, -0.2) is 36.1 Å². The third-order valence-electron chi connectivity index (χ3n) is 4.93. The first kappa shape index (κ1) is 21.1. The molecule has 154 valence electrons. The van der Waals surface area contributed by atoms with E-state index in [2.05, 4.69) is 31.9 Å². The molecule has 1 heterocycles. The largest absolute Gasteiger partial charge is 0.335 e. The lowest BCUT2D eigenvalue weighted by atomic mass is 10.1. The molecule has 8 heteroatoms. The SMILES string of the molecule is CC(NC(=O)N1CCC(NC(=O)Nc2ccc(F)cc2)CC1)c1ccccc1Br. The molecule has 2 aromatic rings. The van der Waals surface area contributed by atoms with Gasteiger partial charge in [0.2, 0.25) is 0 Å². The fraction of sp³-hybridized carbons (Fsp3) is 0.333. The number of piperidine rings is 1. The fourth-order valence-corrected chi connectivity index (χ4v) is 3.92. The van der Waals surface area contributed by atoms with Crippen LogP contribution < -0.4 is 16.0 Å². The molecule has 0 radical (unpaired) electrons. The summed E-state index contributed by atoms with van der Waals surface area (Å²) in [5.74, 6) is -0.351. The number of hydrogen-bond donors (Lipinski definition) is 3. The van der Waals surface area contributed by atoms with Gasteiger partial charge in [0.1, 0.15) is 5.82 Å². The summed E-state index contributed by atoms with van der Waals surface area (Å²) in [7, 11) is 0. The van der Waals surface area contributed by atoms with E-state index in [-0.39, 0.29) is 30.0 Å². The Hall–Kier alpha value is -2.61. The second kappa shape index (κ2) is 9.73. The van der Waals surface area contributed by atoms with Crippen LogP contribution in [0, 0.1) is 5.82 Å². The first-order chi connectivity index (χ1) is 13.9. The van der Waals surface area contributed by atoms with Crippen LogP contribution in [0.3, 0.4) is 0 Å². The minimum atomic E-state index is -0.351. The van der Waals surface area contributed by atoms with E-state index in [0.29, 0.717) is 31.6 Å². The summed E-state index contributed by atoms with van der Waals surface area (Å²) >= 11 is 3.51. The van der Waals surface area contributed by atoms with Crippen LogP contribution in [0.15, 0.2) is 53.0 Å². The lowest BCUT2D eigenvalue weighted by Crippen LogP contribution is -2.50. The van der Waals surface area contributed by atoms with Crippen molar-refractivity contribution in [3.63, 3.8) is 0 Å². The van der Waals surface area contributed by atoms with E-state index in [1.807, 2.05) is 31.2 Å². The van der Waals surface area contributed by atoms with Gasteiger partial charge in [0, 0.05) is 29.3 Å². The zero-order valence-electron chi connectivity index (χ0n) is 16.1. The Balaban J connectivity index is 1.43. The molecule has 1 aliphatic heterocycles. The summed E-state index contributed by atoms with van der Waals surface area (Å²) < 4.78 is 13.9. The lowest BCUT2D eigenvalue weighted by molar-refractivity contribution is 0.174. The maximum atomic E-state index is 12.9. The van der Waals surface area contributed by atoms with Crippen LogP contribution in [0.1, 0.15) is 31.4 Å². The first-order valence-corrected chi connectivity index (χ1v) is 10.3. The van der Waals surface area contributed by atoms with E-state index in [0.717, 1.165) is 10.0 Å². The van der Waals surface area contributed by atoms with Gasteiger partial charge in [0.15, 0.2) is 0 Å². The average molecular weight is 463 g/mol. The zero-order valence-corrected chi connectivity index (χ0v) is 17.7. The average Bonchev–Trinajstić information content (AvgIpc) is 2.70. The van der Waals surface area contributed by atoms with Crippen molar-refractivity contribution < 1.29 is 14.0 Å². The van der Waals surface area contributed by atoms with Gasteiger partial charge in [0.25, 0.3) is 0 Å². The highest BCUT2D eigenvalue weighted by Crippen LogP contribution is 2.23. The van der Waals surface area contributed by atoms with Crippen molar-refractivity contribution in [2.75, 3.05) is 18.4 Å². The van der Waals surface area contributed by atoms with Crippen molar-refractivity contribution in [3.05, 3.63) is 64.4 Å². The molecule has 3 N–H and O–H groups in total. The summed E-state index contributed by atoms with van der Waals surface area (Å²) in [5, 5.41) is 8.62. The molecule has 0 bridgehead atoms. The Bertz CT molecular complexity index is 854. The Kier molecular flexibility index (Phi) is 7.09. The number of urea groups is 2. The topological polar surface area (TPSA) is 73.5 Å². The van der Waals surface area contributed by atoms with Gasteiger partial charge in [-0.2, -0.15) is 0 Å². The van der Waals surface area contributed by atoms with Gasteiger partial charge in [0.05, 0.1) is 6.04 Å². The van der Waals surface area contributed by atoms with E-state index in [4.69, 9.17) is 0 Å². The van der Waals surface area contributed by atoms with Gasteiger partial charge >= 0.3 is 12.1 Å². The van der Waals surface area contributed by atoms with E-state index >= 15 is 0 Å². The molecule has 3 rings (SSSR count). The number of carbonyl (C=O) groups excluding carboxylic acids is 2. The normalized spacial score (nSPS) is 15.5. The highest BCUT2D eigenvalue weighted by atomic mass is 79.9. The molecule has 1 unspecified atom stereocenters. The molecule has 0 spiro atoms. The van der Waals surface area contributed by atoms with Crippen LogP contribution in [0.25, 0.3) is 0 Å². The predicted octanol–water partition coefficient (Wildman–Crippen LogP) is 4.64. The Labute approximate surface area is 178 Å². The number of rotatable bonds is 4. The minimum Gasteiger partial charge on any atom is -0.335 e. The number of nitrogens with zero attached hydrogens (tertiary/aromatic N) is 1. The first-order valence-electron chi connectivity index (χ1n) is 9.55. The third kappa shape index (κ3) is 5.93. The maximum absolute atomic E-state index is 12.9. The maximum Gasteiger partial charge on any atom is 0.319 e. The van der Waals surface area contributed by atoms with E-state index in [1.54, 1.807) is 4.90 Å². The molecule has 1 atom stereocenters. The third-order valence-corrected chi connectivity index (χ3v) is 5.65. The molecular weight excluding hydrogens is 439 g/mol. The van der Waals surface area contributed by atoms with Gasteiger partial charge in [-0.3, -0.25) is 0 Å². The molecule has 0 aliphatic carbocycles. The van der Waals surface area contributed by atoms with Crippen molar-refractivity contribution in [1.29, 1.82) is 0 Å². The Morgan fingerprint density at radius 3 is 2.41 bits per heavy atom. The van der Waals surface area contributed by atoms with Gasteiger partial charge in [-0.25, -0.2) is 14.0 Å². The number of hydrogen-bond acceptors (Lipinski definition) is 2.